The Hall–Kier alpha value is -8.00. The molecule has 14 bridgehead atoms. The molecule has 0 radical (unpaired) electrons. The molecule has 0 saturated heterocycles. The van der Waals surface area contributed by atoms with Crippen molar-refractivity contribution < 1.29 is 48.2 Å². The van der Waals surface area contributed by atoms with Gasteiger partial charge in [-0.2, -0.15) is 0 Å². The number of hydrogen-bond acceptors (Lipinski definition) is 12. The van der Waals surface area contributed by atoms with Crippen LogP contribution in [0.2, 0.25) is 0 Å². The van der Waals surface area contributed by atoms with E-state index in [0.29, 0.717) is 74.6 Å². The second-order valence-electron chi connectivity index (χ2n) is 20.2. The molecular formula is C64H72N4O10. The van der Waals surface area contributed by atoms with E-state index in [4.69, 9.17) is 38.4 Å². The van der Waals surface area contributed by atoms with E-state index in [9.17, 15) is 19.8 Å². The van der Waals surface area contributed by atoms with Crippen molar-refractivity contribution in [2.75, 3.05) is 50.3 Å². The number of anilines is 2. The molecule has 4 aliphatic rings. The fourth-order valence-electron chi connectivity index (χ4n) is 10.4. The maximum atomic E-state index is 14.1. The second kappa shape index (κ2) is 26.4. The van der Waals surface area contributed by atoms with Crippen molar-refractivity contribution in [1.82, 2.24) is 0 Å². The molecule has 2 amide bonds. The van der Waals surface area contributed by atoms with Crippen molar-refractivity contribution in [3.63, 3.8) is 0 Å². The Kier molecular flexibility index (Phi) is 18.5. The summed E-state index contributed by atoms with van der Waals surface area (Å²) in [4.78, 5) is 38.0. The third kappa shape index (κ3) is 13.4. The molecule has 2 unspecified atom stereocenters. The van der Waals surface area contributed by atoms with Gasteiger partial charge in [-0.25, -0.2) is 0 Å². The Morgan fingerprint density at radius 1 is 0.474 bits per heavy atom. The van der Waals surface area contributed by atoms with Crippen LogP contribution in [0.1, 0.15) is 135 Å². The van der Waals surface area contributed by atoms with Gasteiger partial charge in [-0.3, -0.25) is 19.6 Å². The smallest absolute Gasteiger partial charge is 0.262 e. The molecule has 2 aliphatic carbocycles. The summed E-state index contributed by atoms with van der Waals surface area (Å²) in [6, 6.07) is 30.1. The zero-order valence-corrected chi connectivity index (χ0v) is 45.3. The third-order valence-electron chi connectivity index (χ3n) is 14.0. The lowest BCUT2D eigenvalue weighted by molar-refractivity contribution is -0.118. The minimum absolute atomic E-state index is 0.138. The fraction of sp³-hybridized carbons (Fsp3) is 0.375. The van der Waals surface area contributed by atoms with Gasteiger partial charge in [0.05, 0.1) is 38.5 Å². The number of carbonyl (C=O) groups excluding carboxylic acids is 2. The maximum Gasteiger partial charge on any atom is 0.262 e. The standard InChI is InChI=1S/C64H72N4O10/c1-5-25-73-61-41-15-11-16-42(61)30-48-34-52-36-50(64(48)76-28-8-4)32-44-18-12-17-43(62(44)74-26-6-2)31-49-35-51(33-47(29-41)63(49)75-27-7-3)67-57(69)39-77-55-23-13-19-45(59(55)71)37-65-53-21-9-10-22-54(53)66-38-46-20-14-24-56(60(46)72)78-40-58(70)68-52/h11-20,23-24,33-38,53-54,71-72H,5-10,21-22,25-32,39-40H2,1-4H3,(H,67,69)(H,68,70). The normalized spacial score (nSPS) is 16.6. The second-order valence-corrected chi connectivity index (χ2v) is 20.2. The third-order valence-corrected chi connectivity index (χ3v) is 14.0. The molecule has 14 nitrogen and oxygen atoms in total. The Bertz CT molecular complexity index is 2850. The maximum absolute atomic E-state index is 14.1. The number of nitrogens with zero attached hydrogens (tertiary/aromatic N) is 2. The molecule has 14 heteroatoms. The van der Waals surface area contributed by atoms with Crippen molar-refractivity contribution in [3.8, 4) is 46.0 Å². The molecule has 1 fully saturated rings. The number of aliphatic imine (C=N–C) groups is 2. The molecule has 2 atom stereocenters. The lowest BCUT2D eigenvalue weighted by Crippen LogP contribution is -2.27. The molecule has 2 aliphatic heterocycles. The van der Waals surface area contributed by atoms with E-state index >= 15 is 0 Å². The number of para-hydroxylation sites is 4. The van der Waals surface area contributed by atoms with Crippen molar-refractivity contribution in [2.45, 2.75) is 117 Å². The molecule has 0 aromatic heterocycles. The highest BCUT2D eigenvalue weighted by Gasteiger charge is 2.26. The van der Waals surface area contributed by atoms with Crippen molar-refractivity contribution in [3.05, 3.63) is 153 Å². The van der Waals surface area contributed by atoms with Crippen LogP contribution in [0.3, 0.4) is 0 Å². The van der Waals surface area contributed by atoms with Crippen LogP contribution in [0.25, 0.3) is 0 Å². The van der Waals surface area contributed by atoms with Gasteiger partial charge >= 0.3 is 0 Å². The molecule has 78 heavy (non-hydrogen) atoms. The Labute approximate surface area is 457 Å². The van der Waals surface area contributed by atoms with Gasteiger partial charge in [0.1, 0.15) is 23.0 Å². The number of aromatic hydroxyl groups is 2. The van der Waals surface area contributed by atoms with Crippen molar-refractivity contribution >= 4 is 35.6 Å². The van der Waals surface area contributed by atoms with Crippen LogP contribution < -0.4 is 39.1 Å². The van der Waals surface area contributed by atoms with Crippen LogP contribution in [0, 0.1) is 0 Å². The van der Waals surface area contributed by atoms with Crippen LogP contribution in [-0.2, 0) is 35.3 Å². The first-order valence-electron chi connectivity index (χ1n) is 27.7. The zero-order valence-electron chi connectivity index (χ0n) is 45.3. The van der Waals surface area contributed by atoms with E-state index in [-0.39, 0.29) is 48.3 Å². The van der Waals surface area contributed by atoms with Gasteiger partial charge in [0.25, 0.3) is 11.8 Å². The molecule has 6 aromatic carbocycles. The number of phenols is 2. The molecule has 10 rings (SSSR count). The molecule has 6 aromatic rings. The summed E-state index contributed by atoms with van der Waals surface area (Å²) in [6.07, 6.45) is 11.4. The number of benzene rings is 6. The minimum atomic E-state index is -0.420. The quantitative estimate of drug-likeness (QED) is 0.0920. The van der Waals surface area contributed by atoms with E-state index in [0.717, 1.165) is 119 Å². The first-order chi connectivity index (χ1) is 38.1. The molecule has 0 spiro atoms. The predicted octanol–water partition coefficient (Wildman–Crippen LogP) is 12.1. The topological polar surface area (TPSA) is 179 Å². The van der Waals surface area contributed by atoms with Gasteiger partial charge in [0, 0.05) is 82.9 Å². The minimum Gasteiger partial charge on any atom is -0.504 e. The lowest BCUT2D eigenvalue weighted by Gasteiger charge is -2.25. The van der Waals surface area contributed by atoms with E-state index in [2.05, 4.69) is 62.6 Å². The largest absolute Gasteiger partial charge is 0.504 e. The first-order valence-corrected chi connectivity index (χ1v) is 27.7. The van der Waals surface area contributed by atoms with Gasteiger partial charge in [-0.15, -0.1) is 0 Å². The number of rotatable bonds is 12. The summed E-state index contributed by atoms with van der Waals surface area (Å²) in [5.41, 5.74) is 9.07. The van der Waals surface area contributed by atoms with E-state index < -0.39 is 11.8 Å². The summed E-state index contributed by atoms with van der Waals surface area (Å²) >= 11 is 0. The average molecular weight is 1060 g/mol. The van der Waals surface area contributed by atoms with Crippen molar-refractivity contribution in [2.24, 2.45) is 9.98 Å². The fourth-order valence-corrected chi connectivity index (χ4v) is 10.4. The van der Waals surface area contributed by atoms with Crippen LogP contribution in [-0.4, -0.2) is 86.2 Å². The van der Waals surface area contributed by atoms with Crippen LogP contribution in [0.4, 0.5) is 11.4 Å². The van der Waals surface area contributed by atoms with E-state index in [1.807, 2.05) is 36.4 Å². The SMILES string of the molecule is CCCOc1c2cccc1Cc1cc3cc(c1OCCC)Cc1cccc(c1OCCC)Cc1cc(cc(c1OCCC)C2)NC(=O)COc1cccc(c1O)C=NC1CCCCC1N=Cc1cccc(c1O)OCC(=O)N3. The van der Waals surface area contributed by atoms with Crippen LogP contribution >= 0.6 is 0 Å². The van der Waals surface area contributed by atoms with E-state index in [1.54, 1.807) is 48.8 Å². The Morgan fingerprint density at radius 2 is 0.795 bits per heavy atom. The summed E-state index contributed by atoms with van der Waals surface area (Å²) in [5.74, 6) is 2.08. The molecule has 1 saturated carbocycles. The monoisotopic (exact) mass is 1060 g/mol. The number of carbonyl (C=O) groups is 2. The van der Waals surface area contributed by atoms with Crippen LogP contribution in [0.15, 0.2) is 107 Å². The van der Waals surface area contributed by atoms with Gasteiger partial charge in [-0.1, -0.05) is 89.1 Å². The number of amides is 2. The number of phenolic OH excluding ortho intramolecular Hbond substituents is 2. The highest BCUT2D eigenvalue weighted by molar-refractivity contribution is 5.93. The van der Waals surface area contributed by atoms with Crippen LogP contribution in [0.5, 0.6) is 46.0 Å². The Morgan fingerprint density at radius 3 is 1.13 bits per heavy atom. The van der Waals surface area contributed by atoms with Gasteiger partial charge in [-0.05, 0) is 109 Å². The number of nitrogens with one attached hydrogen (secondary N) is 2. The lowest BCUT2D eigenvalue weighted by atomic mass is 9.90. The number of hydrogen-bond donors (Lipinski definition) is 4. The zero-order chi connectivity index (χ0) is 54.4. The summed E-state index contributed by atoms with van der Waals surface area (Å²) in [7, 11) is 0. The van der Waals surface area contributed by atoms with Gasteiger partial charge in [0.15, 0.2) is 36.2 Å². The average Bonchev–Trinajstić information content (AvgIpc) is 3.43. The Balaban J connectivity index is 1.22. The molecular weight excluding hydrogens is 985 g/mol. The van der Waals surface area contributed by atoms with E-state index in [1.165, 1.54) is 0 Å². The number of ether oxygens (including phenoxy) is 6. The highest BCUT2D eigenvalue weighted by atomic mass is 16.5. The first kappa shape index (κ1) is 54.8. The van der Waals surface area contributed by atoms with Gasteiger partial charge < -0.3 is 49.3 Å². The number of fused-ring (bicyclic) bond motifs is 6. The van der Waals surface area contributed by atoms with Crippen molar-refractivity contribution in [1.29, 1.82) is 0 Å². The predicted molar refractivity (Wildman–Crippen MR) is 306 cm³/mol. The summed E-state index contributed by atoms with van der Waals surface area (Å²) in [6.45, 7) is 9.43. The molecule has 408 valence electrons. The highest BCUT2D eigenvalue weighted by Crippen LogP contribution is 2.42. The summed E-state index contributed by atoms with van der Waals surface area (Å²) in [5, 5.41) is 29.2. The molecule has 4 N–H and O–H groups in total. The van der Waals surface area contributed by atoms with Gasteiger partial charge in [0.2, 0.25) is 0 Å². The molecule has 2 heterocycles. The summed E-state index contributed by atoms with van der Waals surface area (Å²) < 4.78 is 39.1.